The van der Waals surface area contributed by atoms with Gasteiger partial charge in [0.2, 0.25) is 5.96 Å². The van der Waals surface area contributed by atoms with Crippen LogP contribution in [0.1, 0.15) is 37.1 Å². The topological polar surface area (TPSA) is 62.4 Å². The Morgan fingerprint density at radius 1 is 1.47 bits per heavy atom. The highest BCUT2D eigenvalue weighted by Gasteiger charge is 2.02. The summed E-state index contributed by atoms with van der Waals surface area (Å²) in [4.78, 5) is 5.76. The van der Waals surface area contributed by atoms with Crippen molar-refractivity contribution < 1.29 is 0 Å². The maximum atomic E-state index is 5.43. The van der Waals surface area contributed by atoms with Crippen LogP contribution in [0.3, 0.4) is 0 Å². The van der Waals surface area contributed by atoms with Crippen molar-refractivity contribution in [3.63, 3.8) is 0 Å². The molecule has 1 heterocycles. The van der Waals surface area contributed by atoms with Crippen molar-refractivity contribution in [2.75, 3.05) is 6.54 Å². The molecule has 17 heavy (non-hydrogen) atoms. The van der Waals surface area contributed by atoms with E-state index < -0.39 is 0 Å². The standard InChI is InChI=1S/C12H22N4S/c1-3-5-7-14-12(16-13)15-9-11-10(4-2)6-8-17-11/h6,8H,3-5,7,9,13H2,1-2H3,(H2,14,15,16). The second-order valence-electron chi connectivity index (χ2n) is 3.81. The van der Waals surface area contributed by atoms with E-state index in [-0.39, 0.29) is 0 Å². The molecule has 0 aliphatic carbocycles. The summed E-state index contributed by atoms with van der Waals surface area (Å²) in [6.45, 7) is 5.93. The van der Waals surface area contributed by atoms with E-state index in [1.54, 1.807) is 11.3 Å². The normalized spacial score (nSPS) is 11.6. The summed E-state index contributed by atoms with van der Waals surface area (Å²) >= 11 is 1.75. The van der Waals surface area contributed by atoms with Gasteiger partial charge in [0.25, 0.3) is 0 Å². The van der Waals surface area contributed by atoms with Crippen LogP contribution in [0.5, 0.6) is 0 Å². The van der Waals surface area contributed by atoms with E-state index in [2.05, 4.69) is 41.0 Å². The Bertz CT molecular complexity index is 346. The molecule has 5 heteroatoms. The fourth-order valence-electron chi connectivity index (χ4n) is 1.51. The number of aliphatic imine (C=N–C) groups is 1. The predicted molar refractivity (Wildman–Crippen MR) is 75.1 cm³/mol. The van der Waals surface area contributed by atoms with Crippen LogP contribution in [-0.2, 0) is 13.0 Å². The fourth-order valence-corrected chi connectivity index (χ4v) is 2.41. The lowest BCUT2D eigenvalue weighted by atomic mass is 10.2. The van der Waals surface area contributed by atoms with Crippen molar-refractivity contribution in [3.05, 3.63) is 21.9 Å². The van der Waals surface area contributed by atoms with Gasteiger partial charge in [-0.3, -0.25) is 5.43 Å². The van der Waals surface area contributed by atoms with Gasteiger partial charge < -0.3 is 5.32 Å². The maximum Gasteiger partial charge on any atom is 0.206 e. The third kappa shape index (κ3) is 4.75. The molecule has 1 aromatic heterocycles. The summed E-state index contributed by atoms with van der Waals surface area (Å²) < 4.78 is 0. The number of guanidine groups is 1. The van der Waals surface area contributed by atoms with Crippen molar-refractivity contribution in [1.82, 2.24) is 10.7 Å². The number of unbranched alkanes of at least 4 members (excludes halogenated alkanes) is 1. The van der Waals surface area contributed by atoms with Crippen LogP contribution >= 0.6 is 11.3 Å². The van der Waals surface area contributed by atoms with Gasteiger partial charge in [-0.1, -0.05) is 20.3 Å². The Morgan fingerprint density at radius 3 is 2.94 bits per heavy atom. The van der Waals surface area contributed by atoms with Gasteiger partial charge in [-0.15, -0.1) is 11.3 Å². The Hall–Kier alpha value is -1.07. The van der Waals surface area contributed by atoms with Gasteiger partial charge in [-0.2, -0.15) is 0 Å². The minimum absolute atomic E-state index is 0.675. The van der Waals surface area contributed by atoms with E-state index in [1.165, 1.54) is 10.4 Å². The Morgan fingerprint density at radius 2 is 2.29 bits per heavy atom. The van der Waals surface area contributed by atoms with Crippen LogP contribution < -0.4 is 16.6 Å². The number of rotatable bonds is 6. The maximum absolute atomic E-state index is 5.43. The average Bonchev–Trinajstić information content (AvgIpc) is 2.81. The first kappa shape index (κ1) is 14.0. The van der Waals surface area contributed by atoms with Crippen LogP contribution in [0.2, 0.25) is 0 Å². The molecule has 96 valence electrons. The first-order chi connectivity index (χ1) is 8.31. The number of nitrogens with one attached hydrogen (secondary N) is 2. The number of nitrogens with zero attached hydrogens (tertiary/aromatic N) is 1. The Balaban J connectivity index is 2.49. The van der Waals surface area contributed by atoms with Gasteiger partial charge in [0.15, 0.2) is 0 Å². The molecular weight excluding hydrogens is 232 g/mol. The molecule has 0 saturated heterocycles. The van der Waals surface area contributed by atoms with Gasteiger partial charge in [-0.25, -0.2) is 10.8 Å². The highest BCUT2D eigenvalue weighted by molar-refractivity contribution is 7.10. The van der Waals surface area contributed by atoms with Crippen LogP contribution in [0.25, 0.3) is 0 Å². The Labute approximate surface area is 107 Å². The van der Waals surface area contributed by atoms with Crippen LogP contribution in [0, 0.1) is 0 Å². The number of aryl methyl sites for hydroxylation is 1. The molecule has 0 atom stereocenters. The van der Waals surface area contributed by atoms with Crippen LogP contribution in [0.4, 0.5) is 0 Å². The van der Waals surface area contributed by atoms with Crippen LogP contribution in [-0.4, -0.2) is 12.5 Å². The molecule has 0 aliphatic heterocycles. The lowest BCUT2D eigenvalue weighted by molar-refractivity contribution is 0.732. The zero-order valence-electron chi connectivity index (χ0n) is 10.6. The molecule has 0 aliphatic rings. The number of nitrogens with two attached hydrogens (primary N) is 1. The first-order valence-electron chi connectivity index (χ1n) is 6.12. The first-order valence-corrected chi connectivity index (χ1v) is 6.99. The smallest absolute Gasteiger partial charge is 0.206 e. The summed E-state index contributed by atoms with van der Waals surface area (Å²) in [5.74, 6) is 6.10. The zero-order chi connectivity index (χ0) is 12.5. The van der Waals surface area contributed by atoms with Crippen molar-refractivity contribution in [1.29, 1.82) is 0 Å². The molecule has 1 rings (SSSR count). The van der Waals surface area contributed by atoms with Gasteiger partial charge in [0, 0.05) is 11.4 Å². The zero-order valence-corrected chi connectivity index (χ0v) is 11.4. The number of hydrogen-bond donors (Lipinski definition) is 3. The third-order valence-corrected chi connectivity index (χ3v) is 3.51. The summed E-state index contributed by atoms with van der Waals surface area (Å²) in [6.07, 6.45) is 3.35. The highest BCUT2D eigenvalue weighted by atomic mass is 32.1. The minimum Gasteiger partial charge on any atom is -0.355 e. The highest BCUT2D eigenvalue weighted by Crippen LogP contribution is 2.18. The summed E-state index contributed by atoms with van der Waals surface area (Å²) in [5, 5.41) is 5.30. The number of hydrazine groups is 1. The van der Waals surface area contributed by atoms with E-state index in [0.717, 1.165) is 25.8 Å². The van der Waals surface area contributed by atoms with E-state index in [4.69, 9.17) is 5.84 Å². The van der Waals surface area contributed by atoms with Gasteiger partial charge in [0.1, 0.15) is 0 Å². The third-order valence-electron chi connectivity index (χ3n) is 2.56. The molecule has 0 unspecified atom stereocenters. The molecule has 0 aromatic carbocycles. The van der Waals surface area contributed by atoms with Gasteiger partial charge in [-0.05, 0) is 29.9 Å². The second-order valence-corrected chi connectivity index (χ2v) is 4.81. The molecule has 4 N–H and O–H groups in total. The Kier molecular flexibility index (Phi) is 6.65. The molecule has 0 amide bonds. The molecule has 0 radical (unpaired) electrons. The SMILES string of the molecule is CCCCNC(=NCc1sccc1CC)NN. The lowest BCUT2D eigenvalue weighted by Crippen LogP contribution is -2.41. The van der Waals surface area contributed by atoms with Crippen LogP contribution in [0.15, 0.2) is 16.4 Å². The second kappa shape index (κ2) is 8.08. The van der Waals surface area contributed by atoms with Crippen molar-refractivity contribution in [2.45, 2.75) is 39.7 Å². The molecule has 0 fully saturated rings. The quantitative estimate of drug-likeness (QED) is 0.239. The van der Waals surface area contributed by atoms with E-state index in [1.807, 2.05) is 0 Å². The largest absolute Gasteiger partial charge is 0.355 e. The molecule has 0 bridgehead atoms. The summed E-state index contributed by atoms with van der Waals surface area (Å²) in [6, 6.07) is 2.16. The summed E-state index contributed by atoms with van der Waals surface area (Å²) in [5.41, 5.74) is 3.98. The number of thiophene rings is 1. The molecule has 0 spiro atoms. The van der Waals surface area contributed by atoms with E-state index in [9.17, 15) is 0 Å². The molecule has 0 saturated carbocycles. The molecule has 4 nitrogen and oxygen atoms in total. The average molecular weight is 254 g/mol. The molecule has 1 aromatic rings. The summed E-state index contributed by atoms with van der Waals surface area (Å²) in [7, 11) is 0. The minimum atomic E-state index is 0.675. The van der Waals surface area contributed by atoms with E-state index >= 15 is 0 Å². The predicted octanol–water partition coefficient (Wildman–Crippen LogP) is 2.02. The fraction of sp³-hybridized carbons (Fsp3) is 0.583. The van der Waals surface area contributed by atoms with Crippen molar-refractivity contribution >= 4 is 17.3 Å². The van der Waals surface area contributed by atoms with Gasteiger partial charge in [0.05, 0.1) is 6.54 Å². The molecular formula is C12H22N4S. The van der Waals surface area contributed by atoms with E-state index in [0.29, 0.717) is 12.5 Å². The monoisotopic (exact) mass is 254 g/mol. The van der Waals surface area contributed by atoms with Gasteiger partial charge >= 0.3 is 0 Å². The number of hydrogen-bond acceptors (Lipinski definition) is 3. The van der Waals surface area contributed by atoms with Crippen molar-refractivity contribution in [3.8, 4) is 0 Å². The van der Waals surface area contributed by atoms with Crippen molar-refractivity contribution in [2.24, 2.45) is 10.8 Å². The lowest BCUT2D eigenvalue weighted by Gasteiger charge is -2.08.